The largest absolute Gasteiger partial charge is 0.396 e. The van der Waals surface area contributed by atoms with Gasteiger partial charge in [-0.05, 0) is 18.3 Å². The molecule has 1 aromatic carbocycles. The Bertz CT molecular complexity index is 537. The first kappa shape index (κ1) is 16.1. The SMILES string of the molecule is CC(C)(CCCO)CNCc1nc(-c2ccccc2)cs1. The molecule has 0 spiro atoms. The molecule has 3 nitrogen and oxygen atoms in total. The summed E-state index contributed by atoms with van der Waals surface area (Å²) in [7, 11) is 0. The van der Waals surface area contributed by atoms with Gasteiger partial charge in [0.25, 0.3) is 0 Å². The zero-order chi connectivity index (χ0) is 15.1. The van der Waals surface area contributed by atoms with E-state index in [0.29, 0.717) is 0 Å². The lowest BCUT2D eigenvalue weighted by Gasteiger charge is -2.24. The average Bonchev–Trinajstić information content (AvgIpc) is 2.95. The first-order valence-electron chi connectivity index (χ1n) is 7.42. The van der Waals surface area contributed by atoms with Gasteiger partial charge in [-0.1, -0.05) is 44.2 Å². The standard InChI is InChI=1S/C17H24N2OS/c1-17(2,9-6-10-20)13-18-11-16-19-15(12-21-16)14-7-4-3-5-8-14/h3-5,7-8,12,18,20H,6,9-11,13H2,1-2H3. The van der Waals surface area contributed by atoms with Crippen molar-refractivity contribution in [3.8, 4) is 11.3 Å². The van der Waals surface area contributed by atoms with Crippen LogP contribution in [-0.2, 0) is 6.54 Å². The first-order valence-corrected chi connectivity index (χ1v) is 8.30. The van der Waals surface area contributed by atoms with Crippen molar-refractivity contribution in [3.05, 3.63) is 40.7 Å². The van der Waals surface area contributed by atoms with Crippen LogP contribution in [0.25, 0.3) is 11.3 Å². The van der Waals surface area contributed by atoms with E-state index in [1.54, 1.807) is 11.3 Å². The van der Waals surface area contributed by atoms with Crippen LogP contribution in [-0.4, -0.2) is 23.2 Å². The molecule has 2 rings (SSSR count). The van der Waals surface area contributed by atoms with Crippen molar-refractivity contribution in [2.24, 2.45) is 5.41 Å². The molecule has 4 heteroatoms. The van der Waals surface area contributed by atoms with Crippen LogP contribution in [0.15, 0.2) is 35.7 Å². The van der Waals surface area contributed by atoms with Crippen LogP contribution >= 0.6 is 11.3 Å². The fourth-order valence-electron chi connectivity index (χ4n) is 2.29. The number of rotatable bonds is 8. The Morgan fingerprint density at radius 2 is 2.00 bits per heavy atom. The topological polar surface area (TPSA) is 45.1 Å². The summed E-state index contributed by atoms with van der Waals surface area (Å²) in [6.07, 6.45) is 1.90. The number of nitrogens with zero attached hydrogens (tertiary/aromatic N) is 1. The van der Waals surface area contributed by atoms with E-state index in [-0.39, 0.29) is 12.0 Å². The normalized spacial score (nSPS) is 11.8. The van der Waals surface area contributed by atoms with Crippen LogP contribution < -0.4 is 5.32 Å². The lowest BCUT2D eigenvalue weighted by Crippen LogP contribution is -2.29. The number of hydrogen-bond acceptors (Lipinski definition) is 4. The Hall–Kier alpha value is -1.23. The number of hydrogen-bond donors (Lipinski definition) is 2. The Morgan fingerprint density at radius 3 is 2.71 bits per heavy atom. The van der Waals surface area contributed by atoms with E-state index in [2.05, 4.69) is 41.7 Å². The summed E-state index contributed by atoms with van der Waals surface area (Å²) in [5.74, 6) is 0. The van der Waals surface area contributed by atoms with Gasteiger partial charge < -0.3 is 10.4 Å². The van der Waals surface area contributed by atoms with Crippen LogP contribution in [0.5, 0.6) is 0 Å². The van der Waals surface area contributed by atoms with Crippen molar-refractivity contribution in [3.63, 3.8) is 0 Å². The summed E-state index contributed by atoms with van der Waals surface area (Å²) in [5, 5.41) is 15.6. The molecule has 2 N–H and O–H groups in total. The van der Waals surface area contributed by atoms with Gasteiger partial charge in [0, 0.05) is 30.6 Å². The van der Waals surface area contributed by atoms with Crippen LogP contribution in [0.2, 0.25) is 0 Å². The quantitative estimate of drug-likeness (QED) is 0.781. The molecule has 0 bridgehead atoms. The Labute approximate surface area is 131 Å². The molecule has 0 unspecified atom stereocenters. The molecule has 0 saturated heterocycles. The molecule has 114 valence electrons. The summed E-state index contributed by atoms with van der Waals surface area (Å²) in [5.41, 5.74) is 2.43. The van der Waals surface area contributed by atoms with Crippen molar-refractivity contribution in [2.75, 3.05) is 13.2 Å². The molecule has 21 heavy (non-hydrogen) atoms. The Morgan fingerprint density at radius 1 is 1.24 bits per heavy atom. The molecule has 0 aliphatic heterocycles. The maximum absolute atomic E-state index is 8.92. The second-order valence-corrected chi connectivity index (χ2v) is 7.03. The molecule has 0 aliphatic rings. The van der Waals surface area contributed by atoms with E-state index in [9.17, 15) is 0 Å². The molecule has 0 aliphatic carbocycles. The van der Waals surface area contributed by atoms with Gasteiger partial charge >= 0.3 is 0 Å². The Balaban J connectivity index is 1.83. The second kappa shape index (κ2) is 7.69. The summed E-state index contributed by atoms with van der Waals surface area (Å²) in [6.45, 7) is 6.48. The highest BCUT2D eigenvalue weighted by Gasteiger charge is 2.16. The molecule has 1 aromatic heterocycles. The van der Waals surface area contributed by atoms with Crippen LogP contribution in [0, 0.1) is 5.41 Å². The van der Waals surface area contributed by atoms with Gasteiger partial charge in [-0.3, -0.25) is 0 Å². The van der Waals surface area contributed by atoms with Gasteiger partial charge in [-0.25, -0.2) is 4.98 Å². The molecule has 2 aromatic rings. The van der Waals surface area contributed by atoms with E-state index in [1.807, 2.05) is 18.2 Å². The lowest BCUT2D eigenvalue weighted by atomic mass is 9.88. The number of aromatic nitrogens is 1. The maximum atomic E-state index is 8.92. The first-order chi connectivity index (χ1) is 10.1. The Kier molecular flexibility index (Phi) is 5.91. The van der Waals surface area contributed by atoms with Crippen LogP contribution in [0.3, 0.4) is 0 Å². The van der Waals surface area contributed by atoms with Crippen molar-refractivity contribution in [2.45, 2.75) is 33.2 Å². The number of nitrogens with one attached hydrogen (secondary N) is 1. The molecule has 1 heterocycles. The van der Waals surface area contributed by atoms with Gasteiger partial charge in [0.2, 0.25) is 0 Å². The highest BCUT2D eigenvalue weighted by Crippen LogP contribution is 2.23. The molecule has 0 radical (unpaired) electrons. The molecule has 0 saturated carbocycles. The van der Waals surface area contributed by atoms with E-state index in [1.165, 1.54) is 5.56 Å². The fourth-order valence-corrected chi connectivity index (χ4v) is 3.06. The minimum absolute atomic E-state index is 0.211. The van der Waals surface area contributed by atoms with E-state index in [0.717, 1.165) is 36.6 Å². The average molecular weight is 304 g/mol. The van der Waals surface area contributed by atoms with Gasteiger partial charge in [0.1, 0.15) is 5.01 Å². The molecule has 0 fully saturated rings. The van der Waals surface area contributed by atoms with E-state index >= 15 is 0 Å². The fraction of sp³-hybridized carbons (Fsp3) is 0.471. The van der Waals surface area contributed by atoms with Gasteiger partial charge in [-0.2, -0.15) is 0 Å². The van der Waals surface area contributed by atoms with Gasteiger partial charge in [-0.15, -0.1) is 11.3 Å². The lowest BCUT2D eigenvalue weighted by molar-refractivity contribution is 0.236. The van der Waals surface area contributed by atoms with Gasteiger partial charge in [0.05, 0.1) is 5.69 Å². The molecular formula is C17H24N2OS. The zero-order valence-electron chi connectivity index (χ0n) is 12.8. The number of aliphatic hydroxyl groups excluding tert-OH is 1. The number of thiazole rings is 1. The number of benzene rings is 1. The minimum Gasteiger partial charge on any atom is -0.396 e. The zero-order valence-corrected chi connectivity index (χ0v) is 13.6. The molecule has 0 amide bonds. The van der Waals surface area contributed by atoms with E-state index in [4.69, 9.17) is 5.11 Å². The highest BCUT2D eigenvalue weighted by atomic mass is 32.1. The predicted molar refractivity (Wildman–Crippen MR) is 89.4 cm³/mol. The second-order valence-electron chi connectivity index (χ2n) is 6.09. The third-order valence-corrected chi connectivity index (χ3v) is 4.36. The molecular weight excluding hydrogens is 280 g/mol. The third-order valence-electron chi connectivity index (χ3n) is 3.51. The smallest absolute Gasteiger partial charge is 0.107 e. The summed E-state index contributed by atoms with van der Waals surface area (Å²) in [4.78, 5) is 4.68. The van der Waals surface area contributed by atoms with Crippen molar-refractivity contribution in [1.82, 2.24) is 10.3 Å². The maximum Gasteiger partial charge on any atom is 0.107 e. The van der Waals surface area contributed by atoms with Crippen molar-refractivity contribution in [1.29, 1.82) is 0 Å². The third kappa shape index (κ3) is 5.23. The van der Waals surface area contributed by atoms with E-state index < -0.39 is 0 Å². The minimum atomic E-state index is 0.211. The summed E-state index contributed by atoms with van der Waals surface area (Å²) < 4.78 is 0. The van der Waals surface area contributed by atoms with Crippen LogP contribution in [0.4, 0.5) is 0 Å². The van der Waals surface area contributed by atoms with Crippen molar-refractivity contribution >= 4 is 11.3 Å². The highest BCUT2D eigenvalue weighted by molar-refractivity contribution is 7.09. The van der Waals surface area contributed by atoms with Crippen molar-refractivity contribution < 1.29 is 5.11 Å². The molecule has 0 atom stereocenters. The summed E-state index contributed by atoms with van der Waals surface area (Å²) in [6, 6.07) is 10.3. The van der Waals surface area contributed by atoms with Gasteiger partial charge in [0.15, 0.2) is 0 Å². The predicted octanol–water partition coefficient (Wildman–Crippen LogP) is 3.70. The summed E-state index contributed by atoms with van der Waals surface area (Å²) >= 11 is 1.70. The monoisotopic (exact) mass is 304 g/mol. The van der Waals surface area contributed by atoms with Crippen LogP contribution in [0.1, 0.15) is 31.7 Å². The number of aliphatic hydroxyl groups is 1.